The third-order valence-electron chi connectivity index (χ3n) is 4.92. The smallest absolute Gasteiger partial charge is 0.383 e. The molecule has 0 saturated carbocycles. The van der Waals surface area contributed by atoms with E-state index >= 15 is 0 Å². The third-order valence-corrected chi connectivity index (χ3v) is 4.92. The molecule has 174 valence electrons. The fraction of sp³-hybridized carbons (Fsp3) is 0.261. The SMILES string of the molecule is CC(C)CN(C(=O)c1ccc(C(F)(F)F)cc1)c1c(N)n(Cc2ccccc2)c(=O)[nH]c1=O. The summed E-state index contributed by atoms with van der Waals surface area (Å²) in [5.74, 6) is -1.04. The molecular weight excluding hydrogens is 437 g/mol. The first kappa shape index (κ1) is 23.8. The number of rotatable bonds is 6. The second-order valence-electron chi connectivity index (χ2n) is 7.95. The maximum Gasteiger partial charge on any atom is 0.416 e. The number of nitrogens with one attached hydrogen (secondary N) is 1. The highest BCUT2D eigenvalue weighted by Crippen LogP contribution is 2.29. The van der Waals surface area contributed by atoms with Gasteiger partial charge in [0.25, 0.3) is 11.5 Å². The van der Waals surface area contributed by atoms with Crippen LogP contribution in [0.3, 0.4) is 0 Å². The van der Waals surface area contributed by atoms with Crippen LogP contribution in [-0.2, 0) is 12.7 Å². The Morgan fingerprint density at radius 2 is 1.67 bits per heavy atom. The van der Waals surface area contributed by atoms with E-state index in [1.165, 1.54) is 0 Å². The van der Waals surface area contributed by atoms with E-state index in [4.69, 9.17) is 5.73 Å². The van der Waals surface area contributed by atoms with Crippen LogP contribution in [0.1, 0.15) is 35.3 Å². The summed E-state index contributed by atoms with van der Waals surface area (Å²) >= 11 is 0. The zero-order valence-corrected chi connectivity index (χ0v) is 18.0. The molecule has 3 aromatic rings. The number of amides is 1. The summed E-state index contributed by atoms with van der Waals surface area (Å²) in [6.07, 6.45) is -4.55. The van der Waals surface area contributed by atoms with E-state index in [9.17, 15) is 27.6 Å². The molecule has 0 unspecified atom stereocenters. The van der Waals surface area contributed by atoms with Crippen LogP contribution in [0.4, 0.5) is 24.7 Å². The zero-order chi connectivity index (χ0) is 24.3. The number of aromatic amines is 1. The Morgan fingerprint density at radius 3 is 2.21 bits per heavy atom. The number of carbonyl (C=O) groups excluding carboxylic acids is 1. The molecule has 10 heteroatoms. The fourth-order valence-electron chi connectivity index (χ4n) is 3.36. The number of hydrogen-bond donors (Lipinski definition) is 2. The molecule has 3 rings (SSSR count). The maximum absolute atomic E-state index is 13.2. The number of aromatic nitrogens is 2. The zero-order valence-electron chi connectivity index (χ0n) is 18.0. The molecule has 0 radical (unpaired) electrons. The second kappa shape index (κ2) is 9.35. The number of carbonyl (C=O) groups is 1. The molecule has 0 aliphatic heterocycles. The van der Waals surface area contributed by atoms with Gasteiger partial charge in [0, 0.05) is 12.1 Å². The van der Waals surface area contributed by atoms with Crippen molar-refractivity contribution in [3.63, 3.8) is 0 Å². The molecule has 0 aliphatic rings. The Kier molecular flexibility index (Phi) is 6.75. The summed E-state index contributed by atoms with van der Waals surface area (Å²) in [6.45, 7) is 3.71. The molecule has 0 aliphatic carbocycles. The third kappa shape index (κ3) is 5.33. The first-order chi connectivity index (χ1) is 15.5. The van der Waals surface area contributed by atoms with Gasteiger partial charge in [-0.25, -0.2) is 4.79 Å². The average molecular weight is 460 g/mol. The molecule has 33 heavy (non-hydrogen) atoms. The molecule has 0 bridgehead atoms. The van der Waals surface area contributed by atoms with Crippen molar-refractivity contribution in [1.82, 2.24) is 9.55 Å². The summed E-state index contributed by atoms with van der Waals surface area (Å²) in [7, 11) is 0. The van der Waals surface area contributed by atoms with Gasteiger partial charge < -0.3 is 10.6 Å². The minimum atomic E-state index is -4.55. The van der Waals surface area contributed by atoms with Crippen LogP contribution >= 0.6 is 0 Å². The van der Waals surface area contributed by atoms with Gasteiger partial charge >= 0.3 is 11.9 Å². The molecule has 0 atom stereocenters. The van der Waals surface area contributed by atoms with Crippen LogP contribution < -0.4 is 21.9 Å². The fourth-order valence-corrected chi connectivity index (χ4v) is 3.36. The van der Waals surface area contributed by atoms with Gasteiger partial charge in [0.05, 0.1) is 12.1 Å². The molecule has 7 nitrogen and oxygen atoms in total. The number of H-pyrrole nitrogens is 1. The predicted molar refractivity (Wildman–Crippen MR) is 119 cm³/mol. The van der Waals surface area contributed by atoms with E-state index in [-0.39, 0.29) is 36.1 Å². The number of nitrogen functional groups attached to an aromatic ring is 1. The van der Waals surface area contributed by atoms with Gasteiger partial charge in [-0.05, 0) is 35.7 Å². The summed E-state index contributed by atoms with van der Waals surface area (Å²) in [5.41, 5.74) is 4.17. The van der Waals surface area contributed by atoms with Crippen LogP contribution in [0.5, 0.6) is 0 Å². The highest BCUT2D eigenvalue weighted by Gasteiger charge is 2.31. The van der Waals surface area contributed by atoms with Crippen molar-refractivity contribution in [2.24, 2.45) is 5.92 Å². The summed E-state index contributed by atoms with van der Waals surface area (Å²) < 4.78 is 39.8. The highest BCUT2D eigenvalue weighted by atomic mass is 19.4. The Bertz CT molecular complexity index is 1250. The molecule has 0 fully saturated rings. The van der Waals surface area contributed by atoms with Gasteiger partial charge in [-0.15, -0.1) is 0 Å². The lowest BCUT2D eigenvalue weighted by Crippen LogP contribution is -2.42. The van der Waals surface area contributed by atoms with E-state index in [0.717, 1.165) is 39.3 Å². The van der Waals surface area contributed by atoms with Crippen molar-refractivity contribution in [2.45, 2.75) is 26.6 Å². The standard InChI is InChI=1S/C23H23F3N4O3/c1-14(2)12-29(21(32)16-8-10-17(11-9-16)23(24,25)26)18-19(27)30(22(33)28-20(18)31)13-15-6-4-3-5-7-15/h3-11,14H,12-13,27H2,1-2H3,(H,28,31,33). The van der Waals surface area contributed by atoms with Crippen LogP contribution in [0.2, 0.25) is 0 Å². The molecule has 2 aromatic carbocycles. The minimum Gasteiger partial charge on any atom is -0.383 e. The highest BCUT2D eigenvalue weighted by molar-refractivity contribution is 6.07. The van der Waals surface area contributed by atoms with E-state index in [0.29, 0.717) is 0 Å². The Balaban J connectivity index is 2.09. The molecule has 3 N–H and O–H groups in total. The van der Waals surface area contributed by atoms with Crippen LogP contribution in [0.15, 0.2) is 64.2 Å². The lowest BCUT2D eigenvalue weighted by atomic mass is 10.1. The maximum atomic E-state index is 13.2. The summed E-state index contributed by atoms with van der Waals surface area (Å²) in [4.78, 5) is 41.7. The van der Waals surface area contributed by atoms with E-state index in [1.807, 2.05) is 0 Å². The normalized spacial score (nSPS) is 11.6. The molecule has 0 spiro atoms. The van der Waals surface area contributed by atoms with Crippen LogP contribution in [0.25, 0.3) is 0 Å². The summed E-state index contributed by atoms with van der Waals surface area (Å²) in [6, 6.07) is 12.6. The second-order valence-corrected chi connectivity index (χ2v) is 7.95. The molecule has 1 aromatic heterocycles. The number of nitrogens with zero attached hydrogens (tertiary/aromatic N) is 2. The average Bonchev–Trinajstić information content (AvgIpc) is 2.75. The molecule has 1 heterocycles. The van der Waals surface area contributed by atoms with Gasteiger partial charge in [-0.3, -0.25) is 19.1 Å². The number of hydrogen-bond acceptors (Lipinski definition) is 4. The van der Waals surface area contributed by atoms with Crippen molar-refractivity contribution >= 4 is 17.4 Å². The lowest BCUT2D eigenvalue weighted by molar-refractivity contribution is -0.137. The molecule has 0 saturated heterocycles. The van der Waals surface area contributed by atoms with Gasteiger partial charge in [-0.1, -0.05) is 44.2 Å². The van der Waals surface area contributed by atoms with Crippen molar-refractivity contribution < 1.29 is 18.0 Å². The monoisotopic (exact) mass is 460 g/mol. The van der Waals surface area contributed by atoms with Gasteiger partial charge in [0.2, 0.25) is 0 Å². The van der Waals surface area contributed by atoms with Gasteiger partial charge in [-0.2, -0.15) is 13.2 Å². The molecule has 1 amide bonds. The van der Waals surface area contributed by atoms with Crippen molar-refractivity contribution in [3.8, 4) is 0 Å². The van der Waals surface area contributed by atoms with Gasteiger partial charge in [0.15, 0.2) is 5.69 Å². The van der Waals surface area contributed by atoms with E-state index in [2.05, 4.69) is 4.98 Å². The lowest BCUT2D eigenvalue weighted by Gasteiger charge is -2.26. The number of halogens is 3. The van der Waals surface area contributed by atoms with E-state index < -0.39 is 28.9 Å². The Hall–Kier alpha value is -3.82. The van der Waals surface area contributed by atoms with Crippen LogP contribution in [0, 0.1) is 5.92 Å². The number of benzene rings is 2. The van der Waals surface area contributed by atoms with E-state index in [1.54, 1.807) is 44.2 Å². The predicted octanol–water partition coefficient (Wildman–Crippen LogP) is 3.49. The minimum absolute atomic E-state index is 0.0523. The largest absolute Gasteiger partial charge is 0.416 e. The van der Waals surface area contributed by atoms with Crippen molar-refractivity contribution in [3.05, 3.63) is 92.1 Å². The number of alkyl halides is 3. The topological polar surface area (TPSA) is 101 Å². The van der Waals surface area contributed by atoms with Crippen molar-refractivity contribution in [1.29, 1.82) is 0 Å². The summed E-state index contributed by atoms with van der Waals surface area (Å²) in [5, 5.41) is 0. The first-order valence-corrected chi connectivity index (χ1v) is 10.1. The van der Waals surface area contributed by atoms with Gasteiger partial charge in [0.1, 0.15) is 5.82 Å². The Labute approximate surface area is 187 Å². The van der Waals surface area contributed by atoms with Crippen molar-refractivity contribution in [2.75, 3.05) is 17.2 Å². The number of anilines is 2. The quantitative estimate of drug-likeness (QED) is 0.588. The number of nitrogens with two attached hydrogens (primary N) is 1. The first-order valence-electron chi connectivity index (χ1n) is 10.1. The molecular formula is C23H23F3N4O3. The Morgan fingerprint density at radius 1 is 1.06 bits per heavy atom. The van der Waals surface area contributed by atoms with Crippen LogP contribution in [-0.4, -0.2) is 22.0 Å².